The van der Waals surface area contributed by atoms with Crippen LogP contribution < -0.4 is 11.1 Å². The Morgan fingerprint density at radius 2 is 2.36 bits per heavy atom. The van der Waals surface area contributed by atoms with Crippen LogP contribution in [0.1, 0.15) is 32.6 Å². The summed E-state index contributed by atoms with van der Waals surface area (Å²) in [6, 6.07) is -0.388. The summed E-state index contributed by atoms with van der Waals surface area (Å²) in [4.78, 5) is 11.3. The second-order valence-corrected chi connectivity index (χ2v) is 4.09. The molecule has 1 saturated carbocycles. The fraction of sp³-hybridized carbons (Fsp3) is 0.900. The van der Waals surface area contributed by atoms with E-state index in [1.807, 2.05) is 6.92 Å². The van der Waals surface area contributed by atoms with Crippen LogP contribution >= 0.6 is 0 Å². The van der Waals surface area contributed by atoms with Gasteiger partial charge in [0.1, 0.15) is 0 Å². The van der Waals surface area contributed by atoms with Crippen molar-refractivity contribution >= 4 is 5.91 Å². The van der Waals surface area contributed by atoms with Crippen LogP contribution in [0.15, 0.2) is 0 Å². The van der Waals surface area contributed by atoms with Crippen molar-refractivity contribution in [2.75, 3.05) is 6.54 Å². The van der Waals surface area contributed by atoms with Crippen LogP contribution in [0, 0.1) is 5.92 Å². The third kappa shape index (κ3) is 3.27. The molecule has 4 N–H and O–H groups in total. The summed E-state index contributed by atoms with van der Waals surface area (Å²) >= 11 is 0. The molecule has 3 atom stereocenters. The van der Waals surface area contributed by atoms with Gasteiger partial charge in [0.15, 0.2) is 0 Å². The number of carbonyl (C=O) groups is 1. The number of amides is 1. The van der Waals surface area contributed by atoms with Crippen molar-refractivity contribution in [2.45, 2.75) is 44.8 Å². The summed E-state index contributed by atoms with van der Waals surface area (Å²) in [5, 5.41) is 12.1. The number of rotatable bonds is 4. The summed E-state index contributed by atoms with van der Waals surface area (Å²) in [5.41, 5.74) is 5.57. The average molecular weight is 200 g/mol. The number of carbonyl (C=O) groups excluding carboxylic acids is 1. The van der Waals surface area contributed by atoms with Gasteiger partial charge in [-0.3, -0.25) is 4.79 Å². The molecule has 0 bridgehead atoms. The van der Waals surface area contributed by atoms with Crippen molar-refractivity contribution in [3.63, 3.8) is 0 Å². The van der Waals surface area contributed by atoms with Gasteiger partial charge in [-0.2, -0.15) is 0 Å². The van der Waals surface area contributed by atoms with Gasteiger partial charge in [-0.1, -0.05) is 6.92 Å². The molecule has 0 aromatic rings. The lowest BCUT2D eigenvalue weighted by Gasteiger charge is -2.13. The van der Waals surface area contributed by atoms with Crippen LogP contribution in [0.5, 0.6) is 0 Å². The monoisotopic (exact) mass is 200 g/mol. The van der Waals surface area contributed by atoms with Crippen LogP contribution in [0.3, 0.4) is 0 Å². The molecule has 1 aliphatic carbocycles. The van der Waals surface area contributed by atoms with E-state index in [-0.39, 0.29) is 18.1 Å². The van der Waals surface area contributed by atoms with Crippen molar-refractivity contribution in [3.05, 3.63) is 0 Å². The lowest BCUT2D eigenvalue weighted by Crippen LogP contribution is -2.41. The normalized spacial score (nSPS) is 28.8. The number of aliphatic hydroxyl groups is 1. The zero-order valence-electron chi connectivity index (χ0n) is 8.70. The van der Waals surface area contributed by atoms with E-state index < -0.39 is 0 Å². The van der Waals surface area contributed by atoms with Gasteiger partial charge in [0.2, 0.25) is 5.91 Å². The largest absolute Gasteiger partial charge is 0.393 e. The number of nitrogens with one attached hydrogen (secondary N) is 1. The quantitative estimate of drug-likeness (QED) is 0.598. The van der Waals surface area contributed by atoms with Crippen LogP contribution in [0.2, 0.25) is 0 Å². The number of hydrogen-bond acceptors (Lipinski definition) is 3. The van der Waals surface area contributed by atoms with Gasteiger partial charge in [-0.25, -0.2) is 0 Å². The minimum atomic E-state index is -0.388. The Bertz CT molecular complexity index is 197. The number of nitrogens with two attached hydrogens (primary N) is 1. The fourth-order valence-electron chi connectivity index (χ4n) is 1.80. The summed E-state index contributed by atoms with van der Waals surface area (Å²) in [6.45, 7) is 2.55. The van der Waals surface area contributed by atoms with E-state index in [0.29, 0.717) is 18.9 Å². The van der Waals surface area contributed by atoms with E-state index in [1.165, 1.54) is 0 Å². The Labute approximate surface area is 84.9 Å². The van der Waals surface area contributed by atoms with Crippen molar-refractivity contribution in [3.8, 4) is 0 Å². The highest BCUT2D eigenvalue weighted by Gasteiger charge is 2.23. The molecule has 1 rings (SSSR count). The maximum Gasteiger partial charge on any atom is 0.236 e. The third-order valence-electron chi connectivity index (χ3n) is 2.86. The maximum atomic E-state index is 11.3. The summed E-state index contributed by atoms with van der Waals surface area (Å²) in [7, 11) is 0. The Morgan fingerprint density at radius 3 is 2.86 bits per heavy atom. The molecule has 0 saturated heterocycles. The first-order valence-corrected chi connectivity index (χ1v) is 5.34. The van der Waals surface area contributed by atoms with Crippen LogP contribution in [-0.2, 0) is 4.79 Å². The van der Waals surface area contributed by atoms with E-state index in [9.17, 15) is 9.90 Å². The molecule has 4 nitrogen and oxygen atoms in total. The second-order valence-electron chi connectivity index (χ2n) is 4.09. The lowest BCUT2D eigenvalue weighted by atomic mass is 10.1. The highest BCUT2D eigenvalue weighted by atomic mass is 16.3. The molecule has 82 valence electrons. The minimum Gasteiger partial charge on any atom is -0.393 e. The van der Waals surface area contributed by atoms with Gasteiger partial charge in [-0.15, -0.1) is 0 Å². The van der Waals surface area contributed by atoms with E-state index in [4.69, 9.17) is 5.73 Å². The lowest BCUT2D eigenvalue weighted by molar-refractivity contribution is -0.122. The summed E-state index contributed by atoms with van der Waals surface area (Å²) in [6.07, 6.45) is 3.17. The summed E-state index contributed by atoms with van der Waals surface area (Å²) < 4.78 is 0. The van der Waals surface area contributed by atoms with Gasteiger partial charge in [0, 0.05) is 6.54 Å². The fourth-order valence-corrected chi connectivity index (χ4v) is 1.80. The molecule has 0 aliphatic heterocycles. The molecule has 4 heteroatoms. The topological polar surface area (TPSA) is 75.4 Å². The molecular weight excluding hydrogens is 180 g/mol. The zero-order valence-corrected chi connectivity index (χ0v) is 8.70. The minimum absolute atomic E-state index is 0.0751. The van der Waals surface area contributed by atoms with Crippen molar-refractivity contribution < 1.29 is 9.90 Å². The van der Waals surface area contributed by atoms with Gasteiger partial charge in [0.05, 0.1) is 12.1 Å². The Balaban J connectivity index is 2.17. The molecular formula is C10H20N2O2. The predicted molar refractivity (Wildman–Crippen MR) is 54.6 cm³/mol. The van der Waals surface area contributed by atoms with Crippen LogP contribution in [0.4, 0.5) is 0 Å². The molecule has 2 unspecified atom stereocenters. The third-order valence-corrected chi connectivity index (χ3v) is 2.86. The SMILES string of the molecule is CC[C@@H](N)C(=O)NCC1CCC(O)C1. The Morgan fingerprint density at radius 1 is 1.64 bits per heavy atom. The van der Waals surface area contributed by atoms with Gasteiger partial charge >= 0.3 is 0 Å². The zero-order chi connectivity index (χ0) is 10.6. The molecule has 0 radical (unpaired) electrons. The first-order valence-electron chi connectivity index (χ1n) is 5.34. The second kappa shape index (κ2) is 5.32. The molecule has 1 aliphatic rings. The Hall–Kier alpha value is -0.610. The highest BCUT2D eigenvalue weighted by molar-refractivity contribution is 5.81. The predicted octanol–water partition coefficient (Wildman–Crippen LogP) is 0.000900. The standard InChI is InChI=1S/C10H20N2O2/c1-2-9(11)10(14)12-6-7-3-4-8(13)5-7/h7-9,13H,2-6,11H2,1H3,(H,12,14)/t7?,8?,9-/m1/s1. The molecule has 0 heterocycles. The van der Waals surface area contributed by atoms with Gasteiger partial charge in [-0.05, 0) is 31.6 Å². The van der Waals surface area contributed by atoms with Gasteiger partial charge in [0.25, 0.3) is 0 Å². The highest BCUT2D eigenvalue weighted by Crippen LogP contribution is 2.24. The number of hydrogen-bond donors (Lipinski definition) is 3. The maximum absolute atomic E-state index is 11.3. The van der Waals surface area contributed by atoms with Crippen molar-refractivity contribution in [2.24, 2.45) is 11.7 Å². The Kier molecular flexibility index (Phi) is 4.35. The summed E-state index contributed by atoms with van der Waals surface area (Å²) in [5.74, 6) is 0.354. The smallest absolute Gasteiger partial charge is 0.236 e. The molecule has 1 amide bonds. The van der Waals surface area contributed by atoms with E-state index in [2.05, 4.69) is 5.32 Å². The molecule has 0 aromatic heterocycles. The first kappa shape index (κ1) is 11.5. The van der Waals surface area contributed by atoms with Crippen LogP contribution in [0.25, 0.3) is 0 Å². The number of aliphatic hydroxyl groups excluding tert-OH is 1. The van der Waals surface area contributed by atoms with E-state index >= 15 is 0 Å². The molecule has 0 spiro atoms. The average Bonchev–Trinajstić information content (AvgIpc) is 2.59. The van der Waals surface area contributed by atoms with Crippen molar-refractivity contribution in [1.82, 2.24) is 5.32 Å². The van der Waals surface area contributed by atoms with Crippen LogP contribution in [-0.4, -0.2) is 29.7 Å². The molecule has 14 heavy (non-hydrogen) atoms. The van der Waals surface area contributed by atoms with E-state index in [1.54, 1.807) is 0 Å². The molecule has 1 fully saturated rings. The van der Waals surface area contributed by atoms with E-state index in [0.717, 1.165) is 19.3 Å². The van der Waals surface area contributed by atoms with Crippen molar-refractivity contribution in [1.29, 1.82) is 0 Å². The molecule has 0 aromatic carbocycles. The van der Waals surface area contributed by atoms with Gasteiger partial charge < -0.3 is 16.2 Å². The first-order chi connectivity index (χ1) is 6.63.